The largest absolute Gasteiger partial charge is 0.395 e. The molecule has 0 bridgehead atoms. The van der Waals surface area contributed by atoms with E-state index in [0.717, 1.165) is 12.8 Å². The lowest BCUT2D eigenvalue weighted by Crippen LogP contribution is -2.44. The first-order valence-corrected chi connectivity index (χ1v) is 4.96. The predicted octanol–water partition coefficient (Wildman–Crippen LogP) is 0.459. The van der Waals surface area contributed by atoms with E-state index in [1.54, 1.807) is 0 Å². The minimum atomic E-state index is -2.41. The molecule has 2 unspecified atom stereocenters. The average molecular weight is 209 g/mol. The lowest BCUT2D eigenvalue weighted by Gasteiger charge is -2.29. The highest BCUT2D eigenvalue weighted by atomic mass is 19.3. The minimum absolute atomic E-state index is 0.143. The van der Waals surface area contributed by atoms with Gasteiger partial charge in [-0.1, -0.05) is 0 Å². The van der Waals surface area contributed by atoms with Crippen LogP contribution in [0, 0.1) is 0 Å². The molecule has 0 spiro atoms. The van der Waals surface area contributed by atoms with Gasteiger partial charge in [0.15, 0.2) is 0 Å². The van der Waals surface area contributed by atoms with E-state index in [1.165, 1.54) is 4.90 Å². The molecule has 1 saturated carbocycles. The Hall–Kier alpha value is -0.260. The van der Waals surface area contributed by atoms with E-state index in [1.807, 2.05) is 0 Å². The zero-order chi connectivity index (χ0) is 10.6. The van der Waals surface area contributed by atoms with Gasteiger partial charge in [-0.05, 0) is 19.3 Å². The highest BCUT2D eigenvalue weighted by molar-refractivity contribution is 4.85. The third kappa shape index (κ3) is 3.15. The van der Waals surface area contributed by atoms with Crippen LogP contribution >= 0.6 is 0 Å². The van der Waals surface area contributed by atoms with Crippen LogP contribution in [0.3, 0.4) is 0 Å². The van der Waals surface area contributed by atoms with Crippen LogP contribution in [-0.2, 0) is 0 Å². The summed E-state index contributed by atoms with van der Waals surface area (Å²) < 4.78 is 24.4. The molecule has 0 saturated heterocycles. The van der Waals surface area contributed by atoms with Gasteiger partial charge in [0.25, 0.3) is 6.43 Å². The molecule has 0 aromatic carbocycles. The van der Waals surface area contributed by atoms with E-state index < -0.39 is 12.5 Å². The Labute approximate surface area is 82.3 Å². The van der Waals surface area contributed by atoms with Crippen molar-refractivity contribution in [3.05, 3.63) is 0 Å². The summed E-state index contributed by atoms with van der Waals surface area (Å²) in [5.74, 6) is 0. The molecule has 1 fully saturated rings. The summed E-state index contributed by atoms with van der Waals surface area (Å²) in [6.45, 7) is -0.287. The van der Waals surface area contributed by atoms with Gasteiger partial charge in [0.2, 0.25) is 0 Å². The lowest BCUT2D eigenvalue weighted by atomic mass is 10.2. The van der Waals surface area contributed by atoms with Crippen molar-refractivity contribution in [1.82, 2.24) is 4.90 Å². The fourth-order valence-corrected chi connectivity index (χ4v) is 2.05. The molecule has 0 heterocycles. The minimum Gasteiger partial charge on any atom is -0.395 e. The van der Waals surface area contributed by atoms with Crippen LogP contribution in [0.1, 0.15) is 19.3 Å². The summed E-state index contributed by atoms with van der Waals surface area (Å²) in [5, 5.41) is 18.3. The summed E-state index contributed by atoms with van der Waals surface area (Å²) >= 11 is 0. The Kier molecular flexibility index (Phi) is 4.71. The predicted molar refractivity (Wildman–Crippen MR) is 48.3 cm³/mol. The molecular formula is C9H17F2NO2. The van der Waals surface area contributed by atoms with Gasteiger partial charge in [0.1, 0.15) is 0 Å². The van der Waals surface area contributed by atoms with Crippen LogP contribution in [0.2, 0.25) is 0 Å². The van der Waals surface area contributed by atoms with E-state index in [0.29, 0.717) is 6.42 Å². The number of aliphatic hydroxyl groups is 2. The van der Waals surface area contributed by atoms with Crippen LogP contribution in [0.4, 0.5) is 8.78 Å². The van der Waals surface area contributed by atoms with Gasteiger partial charge in [-0.2, -0.15) is 0 Å². The first kappa shape index (κ1) is 11.8. The summed E-state index contributed by atoms with van der Waals surface area (Å²) in [4.78, 5) is 1.49. The summed E-state index contributed by atoms with van der Waals surface area (Å²) in [7, 11) is 0. The molecule has 0 aromatic heterocycles. The molecule has 14 heavy (non-hydrogen) atoms. The maximum atomic E-state index is 12.2. The first-order valence-electron chi connectivity index (χ1n) is 4.96. The number of aliphatic hydroxyl groups excluding tert-OH is 2. The quantitative estimate of drug-likeness (QED) is 0.691. The standard InChI is InChI=1S/C9H17F2NO2/c10-9(11)6-12(4-5-13)7-2-1-3-8(7)14/h7-9,13-14H,1-6H2. The number of alkyl halides is 2. The molecule has 1 aliphatic carbocycles. The normalized spacial score (nSPS) is 27.9. The third-order valence-electron chi connectivity index (χ3n) is 2.67. The van der Waals surface area contributed by atoms with Crippen molar-refractivity contribution in [1.29, 1.82) is 0 Å². The van der Waals surface area contributed by atoms with Gasteiger partial charge in [-0.25, -0.2) is 8.78 Å². The van der Waals surface area contributed by atoms with Crippen molar-refractivity contribution >= 4 is 0 Å². The van der Waals surface area contributed by atoms with E-state index in [-0.39, 0.29) is 25.7 Å². The van der Waals surface area contributed by atoms with E-state index in [9.17, 15) is 13.9 Å². The lowest BCUT2D eigenvalue weighted by molar-refractivity contribution is 0.0161. The molecule has 0 radical (unpaired) electrons. The SMILES string of the molecule is OCCN(CC(F)F)C1CCCC1O. The second-order valence-corrected chi connectivity index (χ2v) is 3.68. The fourth-order valence-electron chi connectivity index (χ4n) is 2.05. The van der Waals surface area contributed by atoms with Gasteiger partial charge in [0.05, 0.1) is 19.3 Å². The van der Waals surface area contributed by atoms with Gasteiger partial charge in [-0.15, -0.1) is 0 Å². The second-order valence-electron chi connectivity index (χ2n) is 3.68. The number of hydrogen-bond donors (Lipinski definition) is 2. The van der Waals surface area contributed by atoms with Crippen molar-refractivity contribution in [2.24, 2.45) is 0 Å². The Bertz CT molecular complexity index is 169. The van der Waals surface area contributed by atoms with E-state index >= 15 is 0 Å². The monoisotopic (exact) mass is 209 g/mol. The smallest absolute Gasteiger partial charge is 0.251 e. The summed E-state index contributed by atoms with van der Waals surface area (Å²) in [5.41, 5.74) is 0. The average Bonchev–Trinajstić information content (AvgIpc) is 2.50. The molecule has 0 aliphatic heterocycles. The number of halogens is 2. The Morgan fingerprint density at radius 1 is 1.36 bits per heavy atom. The molecule has 5 heteroatoms. The Morgan fingerprint density at radius 3 is 2.50 bits per heavy atom. The second kappa shape index (κ2) is 5.58. The molecular weight excluding hydrogens is 192 g/mol. The van der Waals surface area contributed by atoms with E-state index in [2.05, 4.69) is 0 Å². The fraction of sp³-hybridized carbons (Fsp3) is 1.00. The third-order valence-corrected chi connectivity index (χ3v) is 2.67. The molecule has 1 rings (SSSR count). The topological polar surface area (TPSA) is 43.7 Å². The van der Waals surface area contributed by atoms with Crippen LogP contribution in [0.25, 0.3) is 0 Å². The highest BCUT2D eigenvalue weighted by Crippen LogP contribution is 2.24. The highest BCUT2D eigenvalue weighted by Gasteiger charge is 2.31. The Morgan fingerprint density at radius 2 is 2.07 bits per heavy atom. The number of rotatable bonds is 5. The number of nitrogens with zero attached hydrogens (tertiary/aromatic N) is 1. The van der Waals surface area contributed by atoms with Crippen LogP contribution in [0.5, 0.6) is 0 Å². The van der Waals surface area contributed by atoms with Gasteiger partial charge < -0.3 is 10.2 Å². The number of hydrogen-bond acceptors (Lipinski definition) is 3. The molecule has 0 amide bonds. The van der Waals surface area contributed by atoms with E-state index in [4.69, 9.17) is 5.11 Å². The van der Waals surface area contributed by atoms with Crippen molar-refractivity contribution in [3.63, 3.8) is 0 Å². The first-order chi connectivity index (χ1) is 6.65. The van der Waals surface area contributed by atoms with Crippen LogP contribution in [0.15, 0.2) is 0 Å². The maximum Gasteiger partial charge on any atom is 0.251 e. The molecule has 84 valence electrons. The maximum absolute atomic E-state index is 12.2. The summed E-state index contributed by atoms with van der Waals surface area (Å²) in [6.07, 6.45) is -0.629. The molecule has 0 aromatic rings. The van der Waals surface area contributed by atoms with Gasteiger partial charge >= 0.3 is 0 Å². The molecule has 3 nitrogen and oxygen atoms in total. The van der Waals surface area contributed by atoms with Crippen LogP contribution < -0.4 is 0 Å². The van der Waals surface area contributed by atoms with Crippen molar-refractivity contribution in [2.75, 3.05) is 19.7 Å². The Balaban J connectivity index is 2.47. The zero-order valence-corrected chi connectivity index (χ0v) is 8.07. The molecule has 1 aliphatic rings. The van der Waals surface area contributed by atoms with Crippen LogP contribution in [-0.4, -0.2) is 53.4 Å². The zero-order valence-electron chi connectivity index (χ0n) is 8.07. The summed E-state index contributed by atoms with van der Waals surface area (Å²) in [6, 6.07) is -0.198. The molecule has 2 N–H and O–H groups in total. The molecule has 2 atom stereocenters. The van der Waals surface area contributed by atoms with Crippen molar-refractivity contribution < 1.29 is 19.0 Å². The van der Waals surface area contributed by atoms with Gasteiger partial charge in [-0.3, -0.25) is 4.90 Å². The van der Waals surface area contributed by atoms with Crippen molar-refractivity contribution in [3.8, 4) is 0 Å². The van der Waals surface area contributed by atoms with Gasteiger partial charge in [0, 0.05) is 12.6 Å². The van der Waals surface area contributed by atoms with Crippen molar-refractivity contribution in [2.45, 2.75) is 37.8 Å².